The monoisotopic (exact) mass is 443 g/mol. The van der Waals surface area contributed by atoms with Crippen LogP contribution in [0.25, 0.3) is 0 Å². The molecule has 0 aromatic carbocycles. The molecule has 10 atom stereocenters. The van der Waals surface area contributed by atoms with Gasteiger partial charge in [-0.05, 0) is 128 Å². The maximum atomic E-state index is 5.90. The summed E-state index contributed by atoms with van der Waals surface area (Å²) in [6.07, 6.45) is 14.4. The van der Waals surface area contributed by atoms with Crippen molar-refractivity contribution in [3.05, 3.63) is 0 Å². The van der Waals surface area contributed by atoms with Gasteiger partial charge in [-0.2, -0.15) is 0 Å². The summed E-state index contributed by atoms with van der Waals surface area (Å²) in [5, 5.41) is 3.71. The van der Waals surface area contributed by atoms with E-state index in [1.165, 1.54) is 64.2 Å². The summed E-state index contributed by atoms with van der Waals surface area (Å²) in [6, 6.07) is 0.681. The molecular weight excluding hydrogens is 390 g/mol. The Morgan fingerprint density at radius 2 is 1.53 bits per heavy atom. The fourth-order valence-electron chi connectivity index (χ4n) is 12.2. The second kappa shape index (κ2) is 7.46. The zero-order valence-electron chi connectivity index (χ0n) is 22.7. The minimum absolute atomic E-state index is 0.404. The van der Waals surface area contributed by atoms with E-state index in [9.17, 15) is 0 Å². The number of methoxy groups -OCH3 is 1. The quantitative estimate of drug-likeness (QED) is 0.493. The first-order valence-corrected chi connectivity index (χ1v) is 14.2. The summed E-state index contributed by atoms with van der Waals surface area (Å²) in [7, 11) is 4.15. The lowest BCUT2D eigenvalue weighted by atomic mass is 9.32. The van der Waals surface area contributed by atoms with Crippen LogP contribution in [0.4, 0.5) is 0 Å². The van der Waals surface area contributed by atoms with E-state index in [1.807, 2.05) is 7.11 Å². The molecule has 0 aromatic rings. The molecule has 0 bridgehead atoms. The lowest BCUT2D eigenvalue weighted by molar-refractivity contribution is -0.242. The van der Waals surface area contributed by atoms with Gasteiger partial charge in [0.2, 0.25) is 0 Å². The lowest BCUT2D eigenvalue weighted by Gasteiger charge is -2.73. The predicted molar refractivity (Wildman–Crippen MR) is 135 cm³/mol. The van der Waals surface area contributed by atoms with Crippen molar-refractivity contribution >= 4 is 0 Å². The van der Waals surface area contributed by atoms with E-state index in [4.69, 9.17) is 4.74 Å². The van der Waals surface area contributed by atoms with Crippen molar-refractivity contribution in [2.75, 3.05) is 20.8 Å². The molecule has 0 saturated heterocycles. The Hall–Kier alpha value is -0.0800. The molecular formula is C30H53NO. The molecule has 1 N–H and O–H groups in total. The Morgan fingerprint density at radius 1 is 0.781 bits per heavy atom. The Bertz CT molecular complexity index is 728. The van der Waals surface area contributed by atoms with E-state index in [2.05, 4.69) is 53.9 Å². The molecule has 2 heteroatoms. The Balaban J connectivity index is 1.51. The van der Waals surface area contributed by atoms with Crippen LogP contribution >= 0.6 is 0 Å². The highest BCUT2D eigenvalue weighted by Gasteiger charge is 2.70. The van der Waals surface area contributed by atoms with Gasteiger partial charge < -0.3 is 10.1 Å². The Labute approximate surface area is 199 Å². The lowest BCUT2D eigenvalue weighted by Crippen LogP contribution is -2.67. The predicted octanol–water partition coefficient (Wildman–Crippen LogP) is 7.32. The van der Waals surface area contributed by atoms with Crippen molar-refractivity contribution in [1.29, 1.82) is 0 Å². The molecule has 184 valence electrons. The maximum absolute atomic E-state index is 5.90. The number of nitrogens with one attached hydrogen (secondary N) is 1. The smallest absolute Gasteiger partial charge is 0.0521 e. The zero-order valence-corrected chi connectivity index (χ0v) is 22.7. The summed E-state index contributed by atoms with van der Waals surface area (Å²) in [6.45, 7) is 17.1. The van der Waals surface area contributed by atoms with Crippen LogP contribution in [0.2, 0.25) is 0 Å². The summed E-state index contributed by atoms with van der Waals surface area (Å²) in [5.41, 5.74) is 2.41. The van der Waals surface area contributed by atoms with Crippen molar-refractivity contribution in [3.63, 3.8) is 0 Å². The van der Waals surface area contributed by atoms with E-state index >= 15 is 0 Å². The summed E-state index contributed by atoms with van der Waals surface area (Å²) < 4.78 is 5.90. The topological polar surface area (TPSA) is 21.3 Å². The van der Waals surface area contributed by atoms with Crippen molar-refractivity contribution in [3.8, 4) is 0 Å². The van der Waals surface area contributed by atoms with Gasteiger partial charge in [-0.15, -0.1) is 0 Å². The standard InChI is InChI=1S/C30H53NO/c1-20-11-16-30(19-32-8)18-17-28(5)21(25(20)30)9-10-23-27(4)14-13-24(31-7)26(2,3)22(27)12-15-29(23,28)6/h20-25,31H,9-19H2,1-8H3/t20-,21?,22?,23?,24-,25?,27+,28-,29-,30-/m1/s1. The average Bonchev–Trinajstić information content (AvgIpc) is 3.05. The number of ether oxygens (including phenoxy) is 1. The summed E-state index contributed by atoms with van der Waals surface area (Å²) >= 11 is 0. The summed E-state index contributed by atoms with van der Waals surface area (Å²) in [4.78, 5) is 0. The molecule has 5 aliphatic carbocycles. The van der Waals surface area contributed by atoms with Gasteiger partial charge in [0.05, 0.1) is 6.61 Å². The van der Waals surface area contributed by atoms with Crippen LogP contribution in [0.1, 0.15) is 106 Å². The highest BCUT2D eigenvalue weighted by molar-refractivity contribution is 5.19. The highest BCUT2D eigenvalue weighted by atomic mass is 16.5. The van der Waals surface area contributed by atoms with E-state index in [0.717, 1.165) is 36.2 Å². The fourth-order valence-corrected chi connectivity index (χ4v) is 12.2. The van der Waals surface area contributed by atoms with E-state index < -0.39 is 0 Å². The molecule has 5 saturated carbocycles. The zero-order chi connectivity index (χ0) is 23.2. The van der Waals surface area contributed by atoms with Gasteiger partial charge in [0, 0.05) is 13.2 Å². The molecule has 32 heavy (non-hydrogen) atoms. The van der Waals surface area contributed by atoms with Crippen LogP contribution in [0.5, 0.6) is 0 Å². The van der Waals surface area contributed by atoms with Crippen LogP contribution in [-0.2, 0) is 4.74 Å². The molecule has 2 nitrogen and oxygen atoms in total. The van der Waals surface area contributed by atoms with Gasteiger partial charge in [-0.1, -0.05) is 41.5 Å². The molecule has 0 heterocycles. The van der Waals surface area contributed by atoms with Crippen LogP contribution in [-0.4, -0.2) is 26.8 Å². The number of fused-ring (bicyclic) bond motifs is 7. The van der Waals surface area contributed by atoms with Crippen molar-refractivity contribution < 1.29 is 4.74 Å². The third kappa shape index (κ3) is 2.78. The van der Waals surface area contributed by atoms with Crippen LogP contribution in [0.3, 0.4) is 0 Å². The van der Waals surface area contributed by atoms with Crippen molar-refractivity contribution in [2.24, 2.45) is 56.7 Å². The molecule has 5 rings (SSSR count). The largest absolute Gasteiger partial charge is 0.384 e. The van der Waals surface area contributed by atoms with E-state index in [-0.39, 0.29) is 0 Å². The van der Waals surface area contributed by atoms with E-state index in [0.29, 0.717) is 33.1 Å². The van der Waals surface area contributed by atoms with Crippen LogP contribution in [0, 0.1) is 56.7 Å². The molecule has 0 radical (unpaired) electrons. The second-order valence-corrected chi connectivity index (χ2v) is 14.7. The fraction of sp³-hybridized carbons (Fsp3) is 1.00. The SMILES string of the molecule is CN[C@@H]1CC[C@@]2(C)C(CC[C@]3(C)C2CCC2C4[C@H](C)CC[C@]4(COC)CC[C@]23C)C1(C)C. The van der Waals surface area contributed by atoms with Crippen molar-refractivity contribution in [1.82, 2.24) is 5.32 Å². The first-order chi connectivity index (χ1) is 15.0. The Kier molecular flexibility index (Phi) is 5.51. The maximum Gasteiger partial charge on any atom is 0.0521 e. The Morgan fingerprint density at radius 3 is 2.22 bits per heavy atom. The first-order valence-electron chi connectivity index (χ1n) is 14.2. The molecule has 0 spiro atoms. The van der Waals surface area contributed by atoms with Gasteiger partial charge in [0.1, 0.15) is 0 Å². The van der Waals surface area contributed by atoms with Gasteiger partial charge >= 0.3 is 0 Å². The number of rotatable bonds is 3. The van der Waals surface area contributed by atoms with Gasteiger partial charge in [0.25, 0.3) is 0 Å². The molecule has 5 fully saturated rings. The molecule has 0 aliphatic heterocycles. The van der Waals surface area contributed by atoms with Crippen molar-refractivity contribution in [2.45, 2.75) is 112 Å². The normalized spacial score (nSPS) is 56.6. The van der Waals surface area contributed by atoms with Gasteiger partial charge in [-0.25, -0.2) is 0 Å². The molecule has 5 aliphatic rings. The third-order valence-corrected chi connectivity index (χ3v) is 13.7. The summed E-state index contributed by atoms with van der Waals surface area (Å²) in [5.74, 6) is 4.44. The molecule has 4 unspecified atom stereocenters. The average molecular weight is 444 g/mol. The van der Waals surface area contributed by atoms with Gasteiger partial charge in [-0.3, -0.25) is 0 Å². The minimum atomic E-state index is 0.404. The minimum Gasteiger partial charge on any atom is -0.384 e. The molecule has 0 amide bonds. The number of hydrogen-bond acceptors (Lipinski definition) is 2. The van der Waals surface area contributed by atoms with Gasteiger partial charge in [0.15, 0.2) is 0 Å². The number of hydrogen-bond donors (Lipinski definition) is 1. The molecule has 0 aromatic heterocycles. The second-order valence-electron chi connectivity index (χ2n) is 14.7. The highest BCUT2D eigenvalue weighted by Crippen LogP contribution is 2.77. The first kappa shape index (κ1) is 23.7. The van der Waals surface area contributed by atoms with E-state index in [1.54, 1.807) is 0 Å². The third-order valence-electron chi connectivity index (χ3n) is 13.7. The van der Waals surface area contributed by atoms with Crippen LogP contribution < -0.4 is 5.32 Å². The van der Waals surface area contributed by atoms with Crippen LogP contribution in [0.15, 0.2) is 0 Å².